The van der Waals surface area contributed by atoms with Crippen molar-refractivity contribution >= 4 is 23.5 Å². The topological polar surface area (TPSA) is 87.8 Å². The van der Waals surface area contributed by atoms with Crippen molar-refractivity contribution in [2.45, 2.75) is 65.5 Å². The number of hydrogen-bond donors (Lipinski definition) is 1. The lowest BCUT2D eigenvalue weighted by atomic mass is 9.78. The SMILES string of the molecule is Cc1cc2c(cc1/C=N\NC(=O)c1ccc([N+](=O)[O-])cc1)[C@@H](C)CC(C)(C)N2C(C)C. The number of nitro benzene ring substituents is 1. The summed E-state index contributed by atoms with van der Waals surface area (Å²) in [5.74, 6) is 0.00492. The van der Waals surface area contributed by atoms with Crippen LogP contribution in [0.2, 0.25) is 0 Å². The molecule has 1 heterocycles. The van der Waals surface area contributed by atoms with Gasteiger partial charge in [-0.25, -0.2) is 5.43 Å². The Kier molecular flexibility index (Phi) is 6.15. The van der Waals surface area contributed by atoms with Crippen molar-refractivity contribution in [2.75, 3.05) is 4.90 Å². The standard InChI is InChI=1S/C24H30N4O3/c1-15(2)27-22-11-16(3)19(12-21(22)17(4)13-24(27,5)6)14-25-26-23(29)18-7-9-20(10-8-18)28(30)31/h7-12,14-15,17H,13H2,1-6H3,(H,26,29)/b25-14-/t17-/m0/s1. The zero-order chi connectivity index (χ0) is 22.9. The summed E-state index contributed by atoms with van der Waals surface area (Å²) in [6, 6.07) is 10.2. The van der Waals surface area contributed by atoms with Gasteiger partial charge in [0.1, 0.15) is 0 Å². The van der Waals surface area contributed by atoms with Gasteiger partial charge in [0, 0.05) is 35.0 Å². The fraction of sp³-hybridized carbons (Fsp3) is 0.417. The lowest BCUT2D eigenvalue weighted by Crippen LogP contribution is -2.51. The molecule has 2 aromatic rings. The van der Waals surface area contributed by atoms with Crippen LogP contribution in [0.25, 0.3) is 0 Å². The van der Waals surface area contributed by atoms with E-state index < -0.39 is 10.8 Å². The first-order chi connectivity index (χ1) is 14.5. The molecule has 1 aliphatic heterocycles. The molecule has 0 bridgehead atoms. The molecule has 1 N–H and O–H groups in total. The second kappa shape index (κ2) is 8.49. The van der Waals surface area contributed by atoms with Gasteiger partial charge in [0.05, 0.1) is 11.1 Å². The molecular weight excluding hydrogens is 392 g/mol. The van der Waals surface area contributed by atoms with Gasteiger partial charge in [-0.15, -0.1) is 0 Å². The van der Waals surface area contributed by atoms with E-state index in [9.17, 15) is 14.9 Å². The van der Waals surface area contributed by atoms with Crippen LogP contribution < -0.4 is 10.3 Å². The molecule has 1 amide bonds. The molecule has 0 unspecified atom stereocenters. The molecule has 0 spiro atoms. The molecular formula is C24H30N4O3. The predicted octanol–water partition coefficient (Wildman–Crippen LogP) is 5.17. The van der Waals surface area contributed by atoms with E-state index in [0.717, 1.165) is 17.5 Å². The maximum absolute atomic E-state index is 12.3. The number of amides is 1. The van der Waals surface area contributed by atoms with Crippen molar-refractivity contribution in [1.29, 1.82) is 0 Å². The Labute approximate surface area is 183 Å². The Morgan fingerprint density at radius 1 is 1.29 bits per heavy atom. The first kappa shape index (κ1) is 22.5. The number of rotatable bonds is 5. The predicted molar refractivity (Wildman–Crippen MR) is 124 cm³/mol. The molecule has 7 nitrogen and oxygen atoms in total. The van der Waals surface area contributed by atoms with Crippen molar-refractivity contribution in [2.24, 2.45) is 5.10 Å². The summed E-state index contributed by atoms with van der Waals surface area (Å²) in [5.41, 5.74) is 7.45. The highest BCUT2D eigenvalue weighted by Gasteiger charge is 2.37. The molecule has 0 saturated heterocycles. The first-order valence-electron chi connectivity index (χ1n) is 10.5. The second-order valence-electron chi connectivity index (χ2n) is 9.15. The number of benzene rings is 2. The highest BCUT2D eigenvalue weighted by molar-refractivity contribution is 5.95. The van der Waals surface area contributed by atoms with Gasteiger partial charge in [-0.05, 0) is 87.9 Å². The molecule has 0 fully saturated rings. The van der Waals surface area contributed by atoms with E-state index >= 15 is 0 Å². The Morgan fingerprint density at radius 2 is 1.94 bits per heavy atom. The van der Waals surface area contributed by atoms with E-state index in [2.05, 4.69) is 62.2 Å². The third-order valence-electron chi connectivity index (χ3n) is 5.89. The molecule has 3 rings (SSSR count). The van der Waals surface area contributed by atoms with Crippen molar-refractivity contribution < 1.29 is 9.72 Å². The van der Waals surface area contributed by atoms with E-state index in [1.807, 2.05) is 6.92 Å². The molecule has 7 heteroatoms. The highest BCUT2D eigenvalue weighted by Crippen LogP contribution is 2.45. The van der Waals surface area contributed by atoms with Gasteiger partial charge in [-0.3, -0.25) is 14.9 Å². The van der Waals surface area contributed by atoms with Crippen LogP contribution >= 0.6 is 0 Å². The van der Waals surface area contributed by atoms with E-state index in [4.69, 9.17) is 0 Å². The monoisotopic (exact) mass is 422 g/mol. The lowest BCUT2D eigenvalue weighted by Gasteiger charge is -2.50. The number of hydrazone groups is 1. The van der Waals surface area contributed by atoms with Gasteiger partial charge in [0.15, 0.2) is 0 Å². The minimum Gasteiger partial charge on any atom is -0.364 e. The summed E-state index contributed by atoms with van der Waals surface area (Å²) in [5, 5.41) is 14.9. The average Bonchev–Trinajstić information content (AvgIpc) is 2.67. The van der Waals surface area contributed by atoms with Gasteiger partial charge >= 0.3 is 0 Å². The van der Waals surface area contributed by atoms with E-state index in [0.29, 0.717) is 17.5 Å². The fourth-order valence-corrected chi connectivity index (χ4v) is 4.69. The van der Waals surface area contributed by atoms with Crippen molar-refractivity contribution in [1.82, 2.24) is 5.43 Å². The number of fused-ring (bicyclic) bond motifs is 1. The number of aryl methyl sites for hydroxylation is 1. The molecule has 0 aliphatic carbocycles. The van der Waals surface area contributed by atoms with Crippen LogP contribution in [0.15, 0.2) is 41.5 Å². The Balaban J connectivity index is 1.81. The Hall–Kier alpha value is -3.22. The normalized spacial score (nSPS) is 17.6. The first-order valence-corrected chi connectivity index (χ1v) is 10.5. The van der Waals surface area contributed by atoms with Crippen molar-refractivity contribution in [3.63, 3.8) is 0 Å². The van der Waals surface area contributed by atoms with Gasteiger partial charge in [0.25, 0.3) is 11.6 Å². The second-order valence-corrected chi connectivity index (χ2v) is 9.15. The highest BCUT2D eigenvalue weighted by atomic mass is 16.6. The number of carbonyl (C=O) groups excluding carboxylic acids is 1. The number of anilines is 1. The Bertz CT molecular complexity index is 1030. The molecule has 2 aromatic carbocycles. The number of hydrogen-bond acceptors (Lipinski definition) is 5. The number of nitrogens with one attached hydrogen (secondary N) is 1. The maximum atomic E-state index is 12.3. The van der Waals surface area contributed by atoms with E-state index in [-0.39, 0.29) is 11.2 Å². The molecule has 1 atom stereocenters. The van der Waals surface area contributed by atoms with Crippen LogP contribution in [0.1, 0.15) is 74.0 Å². The minimum absolute atomic E-state index is 0.0579. The van der Waals surface area contributed by atoms with Crippen LogP contribution in [0.5, 0.6) is 0 Å². The van der Waals surface area contributed by atoms with Crippen molar-refractivity contribution in [3.8, 4) is 0 Å². The summed E-state index contributed by atoms with van der Waals surface area (Å²) < 4.78 is 0. The van der Waals surface area contributed by atoms with E-state index in [1.54, 1.807) is 6.21 Å². The summed E-state index contributed by atoms with van der Waals surface area (Å²) in [6.07, 6.45) is 2.72. The number of carbonyl (C=O) groups is 1. The quantitative estimate of drug-likeness (QED) is 0.409. The van der Waals surface area contributed by atoms with Crippen molar-refractivity contribution in [3.05, 3.63) is 68.8 Å². The van der Waals surface area contributed by atoms with Crippen LogP contribution in [0, 0.1) is 17.0 Å². The molecule has 0 saturated carbocycles. The maximum Gasteiger partial charge on any atom is 0.271 e. The zero-order valence-corrected chi connectivity index (χ0v) is 19.0. The molecule has 0 aromatic heterocycles. The van der Waals surface area contributed by atoms with Crippen LogP contribution in [-0.2, 0) is 0 Å². The number of nitrogens with zero attached hydrogens (tertiary/aromatic N) is 3. The summed E-state index contributed by atoms with van der Waals surface area (Å²) in [6.45, 7) is 13.3. The molecule has 0 radical (unpaired) electrons. The van der Waals surface area contributed by atoms with Crippen LogP contribution in [0.4, 0.5) is 11.4 Å². The van der Waals surface area contributed by atoms with Gasteiger partial charge in [-0.1, -0.05) is 6.92 Å². The van der Waals surface area contributed by atoms with Crippen LogP contribution in [-0.4, -0.2) is 28.6 Å². The third-order valence-corrected chi connectivity index (χ3v) is 5.89. The lowest BCUT2D eigenvalue weighted by molar-refractivity contribution is -0.384. The van der Waals surface area contributed by atoms with E-state index in [1.165, 1.54) is 35.5 Å². The molecule has 164 valence electrons. The molecule has 31 heavy (non-hydrogen) atoms. The zero-order valence-electron chi connectivity index (χ0n) is 19.0. The Morgan fingerprint density at radius 3 is 2.52 bits per heavy atom. The number of nitro groups is 1. The van der Waals surface area contributed by atoms with Crippen LogP contribution in [0.3, 0.4) is 0 Å². The summed E-state index contributed by atoms with van der Waals surface area (Å²) >= 11 is 0. The molecule has 1 aliphatic rings. The average molecular weight is 423 g/mol. The smallest absolute Gasteiger partial charge is 0.271 e. The fourth-order valence-electron chi connectivity index (χ4n) is 4.69. The summed E-state index contributed by atoms with van der Waals surface area (Å²) in [7, 11) is 0. The minimum atomic E-state index is -0.499. The summed E-state index contributed by atoms with van der Waals surface area (Å²) in [4.78, 5) is 25.0. The van der Waals surface area contributed by atoms with Gasteiger partial charge < -0.3 is 4.90 Å². The largest absolute Gasteiger partial charge is 0.364 e. The van der Waals surface area contributed by atoms with Gasteiger partial charge in [0.2, 0.25) is 0 Å². The van der Waals surface area contributed by atoms with Gasteiger partial charge in [-0.2, -0.15) is 5.10 Å². The number of non-ortho nitro benzene ring substituents is 1. The third kappa shape index (κ3) is 4.60.